The lowest BCUT2D eigenvalue weighted by Crippen LogP contribution is -2.45. The van der Waals surface area contributed by atoms with Gasteiger partial charge in [0.05, 0.1) is 16.3 Å². The molecule has 0 unspecified atom stereocenters. The molecule has 1 aromatic heterocycles. The molecule has 1 saturated carbocycles. The second-order valence-corrected chi connectivity index (χ2v) is 8.75. The van der Waals surface area contributed by atoms with E-state index in [0.29, 0.717) is 29.8 Å². The van der Waals surface area contributed by atoms with Gasteiger partial charge in [0.25, 0.3) is 5.91 Å². The standard InChI is InChI=1S/C22H28N2O4S/c1-14-5-4-6-20(15(14)2)24-21(25)12-28-22(26)17-7-9-19(10-8-17)27-11-18-13-29-16(3)23-18/h7-10,13-15,20H,4-6,11-12H2,1-3H3,(H,24,25)/t14-,15+,20+/m1/s1. The normalized spacial score (nSPS) is 21.4. The second-order valence-electron chi connectivity index (χ2n) is 7.69. The van der Waals surface area contributed by atoms with Gasteiger partial charge in [-0.05, 0) is 49.4 Å². The summed E-state index contributed by atoms with van der Waals surface area (Å²) in [5, 5.41) is 5.97. The number of benzene rings is 1. The third-order valence-corrected chi connectivity index (χ3v) is 6.35. The van der Waals surface area contributed by atoms with Crippen LogP contribution in [0.4, 0.5) is 0 Å². The number of nitrogens with one attached hydrogen (secondary N) is 1. The Morgan fingerprint density at radius 2 is 1.97 bits per heavy atom. The zero-order valence-corrected chi connectivity index (χ0v) is 18.0. The van der Waals surface area contributed by atoms with E-state index in [1.165, 1.54) is 6.42 Å². The summed E-state index contributed by atoms with van der Waals surface area (Å²) in [7, 11) is 0. The molecule has 1 aliphatic rings. The maximum absolute atomic E-state index is 12.2. The lowest BCUT2D eigenvalue weighted by Gasteiger charge is -2.34. The van der Waals surface area contributed by atoms with E-state index in [1.807, 2.05) is 12.3 Å². The minimum absolute atomic E-state index is 0.155. The molecule has 1 aromatic carbocycles. The summed E-state index contributed by atoms with van der Waals surface area (Å²) in [4.78, 5) is 28.7. The molecular weight excluding hydrogens is 388 g/mol. The average molecular weight is 417 g/mol. The first-order valence-electron chi connectivity index (χ1n) is 10.0. The third kappa shape index (κ3) is 6.03. The monoisotopic (exact) mass is 416 g/mol. The van der Waals surface area contributed by atoms with Crippen LogP contribution in [0.3, 0.4) is 0 Å². The summed E-state index contributed by atoms with van der Waals surface area (Å²) in [5.74, 6) is 0.904. The molecule has 3 atom stereocenters. The summed E-state index contributed by atoms with van der Waals surface area (Å²) in [6, 6.07) is 6.84. The maximum atomic E-state index is 12.2. The molecule has 1 aliphatic carbocycles. The summed E-state index contributed by atoms with van der Waals surface area (Å²) in [6.45, 7) is 6.45. The molecule has 1 fully saturated rings. The van der Waals surface area contributed by atoms with Crippen LogP contribution in [0.2, 0.25) is 0 Å². The van der Waals surface area contributed by atoms with Crippen LogP contribution in [-0.2, 0) is 16.1 Å². The summed E-state index contributed by atoms with van der Waals surface area (Å²) < 4.78 is 10.8. The number of hydrogen-bond acceptors (Lipinski definition) is 6. The van der Waals surface area contributed by atoms with Gasteiger partial charge in [-0.3, -0.25) is 4.79 Å². The van der Waals surface area contributed by atoms with Gasteiger partial charge in [0.2, 0.25) is 0 Å². The van der Waals surface area contributed by atoms with Crippen molar-refractivity contribution >= 4 is 23.2 Å². The van der Waals surface area contributed by atoms with Gasteiger partial charge in [0.1, 0.15) is 12.4 Å². The highest BCUT2D eigenvalue weighted by Crippen LogP contribution is 2.29. The molecule has 7 heteroatoms. The Kier molecular flexibility index (Phi) is 7.25. The van der Waals surface area contributed by atoms with E-state index in [9.17, 15) is 9.59 Å². The number of amides is 1. The number of hydrogen-bond donors (Lipinski definition) is 1. The zero-order valence-electron chi connectivity index (χ0n) is 17.1. The molecular formula is C22H28N2O4S. The second kappa shape index (κ2) is 9.87. The highest BCUT2D eigenvalue weighted by Gasteiger charge is 2.28. The number of carbonyl (C=O) groups is 2. The van der Waals surface area contributed by atoms with Crippen LogP contribution < -0.4 is 10.1 Å². The number of esters is 1. The molecule has 0 bridgehead atoms. The van der Waals surface area contributed by atoms with Crippen LogP contribution >= 0.6 is 11.3 Å². The number of aryl methyl sites for hydroxylation is 1. The van der Waals surface area contributed by atoms with Crippen molar-refractivity contribution in [3.05, 3.63) is 45.9 Å². The van der Waals surface area contributed by atoms with Gasteiger partial charge < -0.3 is 14.8 Å². The Labute approximate surface area is 175 Å². The number of carbonyl (C=O) groups excluding carboxylic acids is 2. The number of rotatable bonds is 7. The largest absolute Gasteiger partial charge is 0.487 e. The average Bonchev–Trinajstić information content (AvgIpc) is 3.13. The van der Waals surface area contributed by atoms with Crippen molar-refractivity contribution in [2.24, 2.45) is 11.8 Å². The number of thiazole rings is 1. The van der Waals surface area contributed by atoms with Crippen LogP contribution in [0, 0.1) is 18.8 Å². The fourth-order valence-corrected chi connectivity index (χ4v) is 4.16. The van der Waals surface area contributed by atoms with Crippen molar-refractivity contribution in [3.63, 3.8) is 0 Å². The van der Waals surface area contributed by atoms with Crippen LogP contribution in [0.1, 0.15) is 54.2 Å². The van der Waals surface area contributed by atoms with Gasteiger partial charge in [0, 0.05) is 11.4 Å². The quantitative estimate of drug-likeness (QED) is 0.687. The molecule has 6 nitrogen and oxygen atoms in total. The Balaban J connectivity index is 1.43. The minimum Gasteiger partial charge on any atom is -0.487 e. The molecule has 0 saturated heterocycles. The SMILES string of the molecule is Cc1nc(COc2ccc(C(=O)OCC(=O)N[C@H]3CCC[C@@H](C)[C@@H]3C)cc2)cs1. The summed E-state index contributed by atoms with van der Waals surface area (Å²) >= 11 is 1.58. The van der Waals surface area contributed by atoms with Gasteiger partial charge in [-0.15, -0.1) is 11.3 Å². The topological polar surface area (TPSA) is 77.5 Å². The van der Waals surface area contributed by atoms with Crippen LogP contribution in [0.15, 0.2) is 29.6 Å². The van der Waals surface area contributed by atoms with Crippen LogP contribution in [0.5, 0.6) is 5.75 Å². The Morgan fingerprint density at radius 3 is 2.66 bits per heavy atom. The van der Waals surface area contributed by atoms with E-state index in [4.69, 9.17) is 9.47 Å². The molecule has 1 heterocycles. The fraction of sp³-hybridized carbons (Fsp3) is 0.500. The number of ether oxygens (including phenoxy) is 2. The van der Waals surface area contributed by atoms with Gasteiger partial charge >= 0.3 is 5.97 Å². The molecule has 2 aromatic rings. The smallest absolute Gasteiger partial charge is 0.338 e. The molecule has 1 N–H and O–H groups in total. The third-order valence-electron chi connectivity index (χ3n) is 5.53. The van der Waals surface area contributed by atoms with Gasteiger partial charge in [-0.2, -0.15) is 0 Å². The van der Waals surface area contributed by atoms with E-state index in [2.05, 4.69) is 24.1 Å². The van der Waals surface area contributed by atoms with Crippen LogP contribution in [0.25, 0.3) is 0 Å². The molecule has 0 radical (unpaired) electrons. The fourth-order valence-electron chi connectivity index (χ4n) is 3.57. The highest BCUT2D eigenvalue weighted by molar-refractivity contribution is 7.09. The van der Waals surface area contributed by atoms with Crippen molar-refractivity contribution in [1.82, 2.24) is 10.3 Å². The lowest BCUT2D eigenvalue weighted by atomic mass is 9.78. The van der Waals surface area contributed by atoms with Crippen molar-refractivity contribution < 1.29 is 19.1 Å². The van der Waals surface area contributed by atoms with E-state index >= 15 is 0 Å². The Hall–Kier alpha value is -2.41. The van der Waals surface area contributed by atoms with Gasteiger partial charge in [-0.25, -0.2) is 9.78 Å². The minimum atomic E-state index is -0.521. The first kappa shape index (κ1) is 21.3. The highest BCUT2D eigenvalue weighted by atomic mass is 32.1. The first-order chi connectivity index (χ1) is 13.9. The maximum Gasteiger partial charge on any atom is 0.338 e. The van der Waals surface area contributed by atoms with Crippen molar-refractivity contribution in [2.45, 2.75) is 52.7 Å². The Morgan fingerprint density at radius 1 is 1.21 bits per heavy atom. The molecule has 0 aliphatic heterocycles. The molecule has 0 spiro atoms. The van der Waals surface area contributed by atoms with Crippen molar-refractivity contribution in [2.75, 3.05) is 6.61 Å². The van der Waals surface area contributed by atoms with Gasteiger partial charge in [0.15, 0.2) is 6.61 Å². The predicted octanol–water partition coefficient (Wildman–Crippen LogP) is 4.13. The predicted molar refractivity (Wildman–Crippen MR) is 112 cm³/mol. The molecule has 1 amide bonds. The number of aromatic nitrogens is 1. The zero-order chi connectivity index (χ0) is 20.8. The lowest BCUT2D eigenvalue weighted by molar-refractivity contribution is -0.125. The van der Waals surface area contributed by atoms with Gasteiger partial charge in [-0.1, -0.05) is 26.7 Å². The summed E-state index contributed by atoms with van der Waals surface area (Å²) in [5.41, 5.74) is 1.26. The molecule has 29 heavy (non-hydrogen) atoms. The first-order valence-corrected chi connectivity index (χ1v) is 10.9. The summed E-state index contributed by atoms with van der Waals surface area (Å²) in [6.07, 6.45) is 3.30. The van der Waals surface area contributed by atoms with Crippen molar-refractivity contribution in [1.29, 1.82) is 0 Å². The van der Waals surface area contributed by atoms with Crippen LogP contribution in [-0.4, -0.2) is 29.5 Å². The van der Waals surface area contributed by atoms with E-state index in [-0.39, 0.29) is 18.6 Å². The van der Waals surface area contributed by atoms with E-state index < -0.39 is 5.97 Å². The van der Waals surface area contributed by atoms with Crippen molar-refractivity contribution in [3.8, 4) is 5.75 Å². The Bertz CT molecular complexity index is 834. The van der Waals surface area contributed by atoms with E-state index in [1.54, 1.807) is 35.6 Å². The molecule has 3 rings (SSSR count). The van der Waals surface area contributed by atoms with E-state index in [0.717, 1.165) is 23.5 Å². The number of nitrogens with zero attached hydrogens (tertiary/aromatic N) is 1. The molecule has 156 valence electrons.